The van der Waals surface area contributed by atoms with Gasteiger partial charge in [0, 0.05) is 34.7 Å². The summed E-state index contributed by atoms with van der Waals surface area (Å²) in [5.74, 6) is 0. The molecule has 94 valence electrons. The van der Waals surface area contributed by atoms with Gasteiger partial charge in [0.15, 0.2) is 0 Å². The number of nitrogens with one attached hydrogen (secondary N) is 1. The minimum Gasteiger partial charge on any atom is -0.365 e. The maximum atomic E-state index is 6.09. The number of piperazine rings is 1. The number of anilines is 1. The van der Waals surface area contributed by atoms with Gasteiger partial charge >= 0.3 is 0 Å². The average molecular weight is 318 g/mol. The van der Waals surface area contributed by atoms with Crippen molar-refractivity contribution < 1.29 is 0 Å². The van der Waals surface area contributed by atoms with Gasteiger partial charge in [0.1, 0.15) is 0 Å². The summed E-state index contributed by atoms with van der Waals surface area (Å²) in [5.41, 5.74) is 1.20. The van der Waals surface area contributed by atoms with Crippen LogP contribution in [0.4, 0.5) is 5.69 Å². The highest BCUT2D eigenvalue weighted by molar-refractivity contribution is 9.10. The van der Waals surface area contributed by atoms with Gasteiger partial charge in [0.25, 0.3) is 0 Å². The molecule has 17 heavy (non-hydrogen) atoms. The summed E-state index contributed by atoms with van der Waals surface area (Å²) in [6, 6.07) is 7.04. The highest BCUT2D eigenvalue weighted by Crippen LogP contribution is 2.31. The number of nitrogens with zero attached hydrogens (tertiary/aromatic N) is 1. The molecular formula is C13H18BrClN2. The van der Waals surface area contributed by atoms with Gasteiger partial charge in [-0.3, -0.25) is 0 Å². The Kier molecular flexibility index (Phi) is 4.34. The lowest BCUT2D eigenvalue weighted by Crippen LogP contribution is -2.55. The smallest absolute Gasteiger partial charge is 0.0528 e. The van der Waals surface area contributed by atoms with E-state index >= 15 is 0 Å². The first-order valence-corrected chi connectivity index (χ1v) is 7.24. The van der Waals surface area contributed by atoms with Gasteiger partial charge in [-0.15, -0.1) is 0 Å². The van der Waals surface area contributed by atoms with E-state index in [0.29, 0.717) is 12.1 Å². The fraction of sp³-hybridized carbons (Fsp3) is 0.538. The van der Waals surface area contributed by atoms with Gasteiger partial charge in [0.05, 0.1) is 5.69 Å². The van der Waals surface area contributed by atoms with Crippen LogP contribution in [-0.2, 0) is 0 Å². The van der Waals surface area contributed by atoms with E-state index in [4.69, 9.17) is 11.6 Å². The molecule has 0 bridgehead atoms. The SMILES string of the molecule is CCC1CN(c2cc(Cl)ccc2Br)C(C)CN1. The predicted octanol–water partition coefficient (Wildman–Crippen LogP) is 3.68. The van der Waals surface area contributed by atoms with E-state index in [1.165, 1.54) is 5.69 Å². The molecule has 0 saturated carbocycles. The third kappa shape index (κ3) is 2.95. The Hall–Kier alpha value is -0.250. The van der Waals surface area contributed by atoms with E-state index in [-0.39, 0.29) is 0 Å². The van der Waals surface area contributed by atoms with Gasteiger partial charge in [-0.2, -0.15) is 0 Å². The molecule has 1 fully saturated rings. The van der Waals surface area contributed by atoms with Crippen molar-refractivity contribution in [1.82, 2.24) is 5.32 Å². The molecular weight excluding hydrogens is 300 g/mol. The molecule has 0 amide bonds. The molecule has 0 spiro atoms. The van der Waals surface area contributed by atoms with Crippen LogP contribution >= 0.6 is 27.5 Å². The van der Waals surface area contributed by atoms with Crippen molar-refractivity contribution in [1.29, 1.82) is 0 Å². The van der Waals surface area contributed by atoms with E-state index in [1.807, 2.05) is 18.2 Å². The van der Waals surface area contributed by atoms with Crippen LogP contribution in [0.5, 0.6) is 0 Å². The van der Waals surface area contributed by atoms with Crippen molar-refractivity contribution in [2.75, 3.05) is 18.0 Å². The fourth-order valence-corrected chi connectivity index (χ4v) is 2.89. The van der Waals surface area contributed by atoms with Crippen molar-refractivity contribution in [2.24, 2.45) is 0 Å². The van der Waals surface area contributed by atoms with Gasteiger partial charge in [0.2, 0.25) is 0 Å². The zero-order valence-corrected chi connectivity index (χ0v) is 12.6. The third-order valence-corrected chi connectivity index (χ3v) is 4.27. The average Bonchev–Trinajstić information content (AvgIpc) is 2.33. The van der Waals surface area contributed by atoms with E-state index in [0.717, 1.165) is 29.0 Å². The molecule has 1 aliphatic heterocycles. The number of hydrogen-bond donors (Lipinski definition) is 1. The van der Waals surface area contributed by atoms with Crippen LogP contribution in [0.15, 0.2) is 22.7 Å². The van der Waals surface area contributed by atoms with Crippen molar-refractivity contribution in [3.63, 3.8) is 0 Å². The van der Waals surface area contributed by atoms with Crippen LogP contribution in [-0.4, -0.2) is 25.2 Å². The first-order valence-electron chi connectivity index (χ1n) is 6.07. The number of benzene rings is 1. The Morgan fingerprint density at radius 2 is 2.29 bits per heavy atom. The quantitative estimate of drug-likeness (QED) is 0.895. The summed E-state index contributed by atoms with van der Waals surface area (Å²) in [4.78, 5) is 2.43. The van der Waals surface area contributed by atoms with E-state index < -0.39 is 0 Å². The highest BCUT2D eigenvalue weighted by atomic mass is 79.9. The molecule has 1 aromatic rings. The largest absolute Gasteiger partial charge is 0.365 e. The van der Waals surface area contributed by atoms with E-state index in [9.17, 15) is 0 Å². The van der Waals surface area contributed by atoms with Crippen molar-refractivity contribution in [2.45, 2.75) is 32.4 Å². The van der Waals surface area contributed by atoms with Gasteiger partial charge in [-0.1, -0.05) is 18.5 Å². The van der Waals surface area contributed by atoms with Crippen LogP contribution in [0.2, 0.25) is 5.02 Å². The minimum atomic E-state index is 0.493. The molecule has 1 aliphatic rings. The molecule has 4 heteroatoms. The first-order chi connectivity index (χ1) is 8.11. The second-order valence-corrected chi connectivity index (χ2v) is 5.90. The van der Waals surface area contributed by atoms with Gasteiger partial charge in [-0.25, -0.2) is 0 Å². The standard InChI is InChI=1S/C13H18BrClN2/c1-3-11-8-17(9(2)7-16-11)13-6-10(15)4-5-12(13)14/h4-6,9,11,16H,3,7-8H2,1-2H3. The number of halogens is 2. The monoisotopic (exact) mass is 316 g/mol. The molecule has 0 aromatic heterocycles. The zero-order valence-electron chi connectivity index (χ0n) is 10.2. The summed E-state index contributed by atoms with van der Waals surface area (Å²) in [5, 5.41) is 4.36. The second-order valence-electron chi connectivity index (χ2n) is 4.61. The van der Waals surface area contributed by atoms with Crippen LogP contribution < -0.4 is 10.2 Å². The second kappa shape index (κ2) is 5.59. The maximum absolute atomic E-state index is 6.09. The Bertz CT molecular complexity index is 397. The Balaban J connectivity index is 2.27. The minimum absolute atomic E-state index is 0.493. The Labute approximate surface area is 116 Å². The maximum Gasteiger partial charge on any atom is 0.0528 e. The van der Waals surface area contributed by atoms with E-state index in [2.05, 4.69) is 40.0 Å². The number of hydrogen-bond acceptors (Lipinski definition) is 2. The lowest BCUT2D eigenvalue weighted by atomic mass is 10.1. The summed E-state index contributed by atoms with van der Waals surface area (Å²) in [7, 11) is 0. The lowest BCUT2D eigenvalue weighted by molar-refractivity contribution is 0.397. The van der Waals surface area contributed by atoms with Crippen LogP contribution in [0.1, 0.15) is 20.3 Å². The molecule has 2 rings (SSSR count). The number of rotatable bonds is 2. The van der Waals surface area contributed by atoms with Crippen molar-refractivity contribution in [3.8, 4) is 0 Å². The van der Waals surface area contributed by atoms with Crippen LogP contribution in [0.25, 0.3) is 0 Å². The Morgan fingerprint density at radius 1 is 1.53 bits per heavy atom. The molecule has 0 aliphatic carbocycles. The summed E-state index contributed by atoms with van der Waals surface area (Å²) in [6.45, 7) is 6.53. The predicted molar refractivity (Wildman–Crippen MR) is 78.0 cm³/mol. The summed E-state index contributed by atoms with van der Waals surface area (Å²) < 4.78 is 1.12. The fourth-order valence-electron chi connectivity index (χ4n) is 2.24. The first kappa shape index (κ1) is 13.2. The Morgan fingerprint density at radius 3 is 3.00 bits per heavy atom. The molecule has 2 nitrogen and oxygen atoms in total. The summed E-state index contributed by atoms with van der Waals surface area (Å²) in [6.07, 6.45) is 1.15. The molecule has 0 radical (unpaired) electrons. The molecule has 1 N–H and O–H groups in total. The molecule has 2 unspecified atom stereocenters. The van der Waals surface area contributed by atoms with Crippen LogP contribution in [0, 0.1) is 0 Å². The molecule has 1 aromatic carbocycles. The molecule has 2 atom stereocenters. The highest BCUT2D eigenvalue weighted by Gasteiger charge is 2.25. The normalized spacial score (nSPS) is 25.1. The lowest BCUT2D eigenvalue weighted by Gasteiger charge is -2.40. The van der Waals surface area contributed by atoms with Crippen LogP contribution in [0.3, 0.4) is 0 Å². The van der Waals surface area contributed by atoms with Gasteiger partial charge < -0.3 is 10.2 Å². The third-order valence-electron chi connectivity index (χ3n) is 3.36. The summed E-state index contributed by atoms with van der Waals surface area (Å²) >= 11 is 9.71. The topological polar surface area (TPSA) is 15.3 Å². The van der Waals surface area contributed by atoms with Crippen molar-refractivity contribution in [3.05, 3.63) is 27.7 Å². The van der Waals surface area contributed by atoms with Gasteiger partial charge in [-0.05, 0) is 47.5 Å². The van der Waals surface area contributed by atoms with E-state index in [1.54, 1.807) is 0 Å². The molecule has 1 heterocycles. The van der Waals surface area contributed by atoms with Crippen molar-refractivity contribution >= 4 is 33.2 Å². The zero-order chi connectivity index (χ0) is 12.4. The molecule has 1 saturated heterocycles.